The molecule has 0 amide bonds. The van der Waals surface area contributed by atoms with Gasteiger partial charge in [0, 0.05) is 18.3 Å². The van der Waals surface area contributed by atoms with E-state index in [2.05, 4.69) is 51.9 Å². The van der Waals surface area contributed by atoms with Gasteiger partial charge in [-0.3, -0.25) is 0 Å². The standard InChI is InChI=1S/C22H28N4S/c27-22(24-18-10-3-1-2-4-11-18)25-19-13-14-21(23-16-19)26-15-7-9-17-8-5-6-12-20(17)26/h5-6,8,12-14,16,18H,1-4,7,9-11,15H2,(H2,24,25,27). The zero-order chi connectivity index (χ0) is 18.5. The highest BCUT2D eigenvalue weighted by Gasteiger charge is 2.18. The number of anilines is 3. The van der Waals surface area contributed by atoms with Crippen molar-refractivity contribution in [2.75, 3.05) is 16.8 Å². The van der Waals surface area contributed by atoms with Crippen LogP contribution >= 0.6 is 12.2 Å². The lowest BCUT2D eigenvalue weighted by molar-refractivity contribution is 0.535. The molecule has 0 bridgehead atoms. The van der Waals surface area contributed by atoms with Gasteiger partial charge in [-0.1, -0.05) is 43.9 Å². The van der Waals surface area contributed by atoms with Crippen molar-refractivity contribution in [3.8, 4) is 0 Å². The summed E-state index contributed by atoms with van der Waals surface area (Å²) in [6, 6.07) is 13.3. The SMILES string of the molecule is S=C(Nc1ccc(N2CCCc3ccccc32)nc1)NC1CCCCCC1. The molecule has 27 heavy (non-hydrogen) atoms. The number of nitrogens with one attached hydrogen (secondary N) is 2. The fourth-order valence-corrected chi connectivity index (χ4v) is 4.45. The molecule has 5 heteroatoms. The zero-order valence-corrected chi connectivity index (χ0v) is 16.6. The van der Waals surface area contributed by atoms with Crippen LogP contribution in [-0.4, -0.2) is 22.7 Å². The third kappa shape index (κ3) is 4.59. The average molecular weight is 381 g/mol. The Bertz CT molecular complexity index is 766. The van der Waals surface area contributed by atoms with Crippen LogP contribution in [0.5, 0.6) is 0 Å². The van der Waals surface area contributed by atoms with Crippen molar-refractivity contribution in [2.45, 2.75) is 57.4 Å². The lowest BCUT2D eigenvalue weighted by Gasteiger charge is -2.30. The highest BCUT2D eigenvalue weighted by molar-refractivity contribution is 7.80. The molecule has 1 aliphatic carbocycles. The van der Waals surface area contributed by atoms with E-state index in [-0.39, 0.29) is 0 Å². The van der Waals surface area contributed by atoms with E-state index in [0.717, 1.165) is 30.9 Å². The molecule has 0 saturated heterocycles. The first-order valence-electron chi connectivity index (χ1n) is 10.2. The third-order valence-corrected chi connectivity index (χ3v) is 5.80. The minimum absolute atomic E-state index is 0.504. The number of para-hydroxylation sites is 1. The Kier molecular flexibility index (Phi) is 5.87. The van der Waals surface area contributed by atoms with Gasteiger partial charge < -0.3 is 15.5 Å². The fourth-order valence-electron chi connectivity index (χ4n) is 4.17. The molecule has 0 atom stereocenters. The number of nitrogens with zero attached hydrogens (tertiary/aromatic N) is 2. The number of aromatic nitrogens is 1. The summed E-state index contributed by atoms with van der Waals surface area (Å²) in [5, 5.41) is 7.49. The summed E-state index contributed by atoms with van der Waals surface area (Å²) in [6.07, 6.45) is 11.9. The van der Waals surface area contributed by atoms with Crippen LogP contribution in [0.3, 0.4) is 0 Å². The number of pyridine rings is 1. The summed E-state index contributed by atoms with van der Waals surface area (Å²) in [5.74, 6) is 0.996. The Balaban J connectivity index is 1.39. The number of thiocarbonyl (C=S) groups is 1. The van der Waals surface area contributed by atoms with Crippen LogP contribution in [0.4, 0.5) is 17.2 Å². The summed E-state index contributed by atoms with van der Waals surface area (Å²) in [5.41, 5.74) is 3.62. The molecule has 1 aliphatic heterocycles. The van der Waals surface area contributed by atoms with Gasteiger partial charge in [0.05, 0.1) is 11.9 Å². The minimum atomic E-state index is 0.504. The van der Waals surface area contributed by atoms with Crippen molar-refractivity contribution >= 4 is 34.5 Å². The summed E-state index contributed by atoms with van der Waals surface area (Å²) in [4.78, 5) is 7.00. The predicted octanol–water partition coefficient (Wildman–Crippen LogP) is 5.18. The van der Waals surface area contributed by atoms with E-state index in [9.17, 15) is 0 Å². The van der Waals surface area contributed by atoms with E-state index in [1.807, 2.05) is 6.20 Å². The second-order valence-electron chi connectivity index (χ2n) is 7.58. The normalized spacial score (nSPS) is 17.7. The smallest absolute Gasteiger partial charge is 0.171 e. The summed E-state index contributed by atoms with van der Waals surface area (Å²) in [7, 11) is 0. The van der Waals surface area contributed by atoms with Gasteiger partial charge in [-0.2, -0.15) is 0 Å². The largest absolute Gasteiger partial charge is 0.360 e. The van der Waals surface area contributed by atoms with E-state index >= 15 is 0 Å². The van der Waals surface area contributed by atoms with E-state index in [1.165, 1.54) is 49.8 Å². The van der Waals surface area contributed by atoms with Crippen LogP contribution < -0.4 is 15.5 Å². The molecule has 2 aliphatic rings. The van der Waals surface area contributed by atoms with Crippen molar-refractivity contribution in [3.63, 3.8) is 0 Å². The van der Waals surface area contributed by atoms with Gasteiger partial charge in [0.25, 0.3) is 0 Å². The number of aryl methyl sites for hydroxylation is 1. The maximum atomic E-state index is 5.51. The molecule has 1 saturated carbocycles. The second kappa shape index (κ2) is 8.70. The van der Waals surface area contributed by atoms with Crippen molar-refractivity contribution < 1.29 is 0 Å². The number of benzene rings is 1. The molecule has 2 N–H and O–H groups in total. The number of fused-ring (bicyclic) bond motifs is 1. The Morgan fingerprint density at radius 3 is 2.59 bits per heavy atom. The number of rotatable bonds is 3. The predicted molar refractivity (Wildman–Crippen MR) is 117 cm³/mol. The molecule has 0 unspecified atom stereocenters. The molecule has 1 aromatic carbocycles. The van der Waals surface area contributed by atoms with E-state index in [0.29, 0.717) is 11.2 Å². The highest BCUT2D eigenvalue weighted by atomic mass is 32.1. The van der Waals surface area contributed by atoms with Crippen LogP contribution in [0, 0.1) is 0 Å². The molecular formula is C22H28N4S. The maximum absolute atomic E-state index is 5.51. The molecule has 0 spiro atoms. The first-order chi connectivity index (χ1) is 13.3. The highest BCUT2D eigenvalue weighted by Crippen LogP contribution is 2.32. The van der Waals surface area contributed by atoms with Gasteiger partial charge in [-0.25, -0.2) is 4.98 Å². The zero-order valence-electron chi connectivity index (χ0n) is 15.8. The lowest BCUT2D eigenvalue weighted by Crippen LogP contribution is -2.37. The molecule has 1 aromatic heterocycles. The maximum Gasteiger partial charge on any atom is 0.171 e. The quantitative estimate of drug-likeness (QED) is 0.567. The van der Waals surface area contributed by atoms with Gasteiger partial charge in [0.2, 0.25) is 0 Å². The molecule has 2 heterocycles. The van der Waals surface area contributed by atoms with Crippen LogP contribution in [0.1, 0.15) is 50.5 Å². The lowest BCUT2D eigenvalue weighted by atomic mass is 10.0. The monoisotopic (exact) mass is 380 g/mol. The minimum Gasteiger partial charge on any atom is -0.360 e. The first-order valence-corrected chi connectivity index (χ1v) is 10.6. The Morgan fingerprint density at radius 1 is 1.00 bits per heavy atom. The van der Waals surface area contributed by atoms with Gasteiger partial charge in [-0.15, -0.1) is 0 Å². The molecule has 4 nitrogen and oxygen atoms in total. The topological polar surface area (TPSA) is 40.2 Å². The van der Waals surface area contributed by atoms with E-state index in [4.69, 9.17) is 17.2 Å². The second-order valence-corrected chi connectivity index (χ2v) is 7.98. The van der Waals surface area contributed by atoms with Crippen molar-refractivity contribution in [3.05, 3.63) is 48.2 Å². The van der Waals surface area contributed by atoms with Crippen molar-refractivity contribution in [1.29, 1.82) is 0 Å². The van der Waals surface area contributed by atoms with E-state index < -0.39 is 0 Å². The molecular weight excluding hydrogens is 352 g/mol. The average Bonchev–Trinajstić information content (AvgIpc) is 2.97. The van der Waals surface area contributed by atoms with E-state index in [1.54, 1.807) is 0 Å². The molecule has 1 fully saturated rings. The number of hydrogen-bond acceptors (Lipinski definition) is 3. The Morgan fingerprint density at radius 2 is 1.81 bits per heavy atom. The summed E-state index contributed by atoms with van der Waals surface area (Å²) >= 11 is 5.51. The van der Waals surface area contributed by atoms with Gasteiger partial charge >= 0.3 is 0 Å². The van der Waals surface area contributed by atoms with Gasteiger partial charge in [0.1, 0.15) is 5.82 Å². The van der Waals surface area contributed by atoms with Gasteiger partial charge in [0.15, 0.2) is 5.11 Å². The van der Waals surface area contributed by atoms with Crippen molar-refractivity contribution in [1.82, 2.24) is 10.3 Å². The third-order valence-electron chi connectivity index (χ3n) is 5.58. The van der Waals surface area contributed by atoms with Crippen LogP contribution in [0.15, 0.2) is 42.6 Å². The van der Waals surface area contributed by atoms with Crippen LogP contribution in [-0.2, 0) is 6.42 Å². The molecule has 2 aromatic rings. The van der Waals surface area contributed by atoms with Crippen molar-refractivity contribution in [2.24, 2.45) is 0 Å². The summed E-state index contributed by atoms with van der Waals surface area (Å²) in [6.45, 7) is 1.01. The number of hydrogen-bond donors (Lipinski definition) is 2. The first kappa shape index (κ1) is 18.2. The fraction of sp³-hybridized carbons (Fsp3) is 0.455. The molecule has 142 valence electrons. The molecule has 0 radical (unpaired) electrons. The van der Waals surface area contributed by atoms with Crippen LogP contribution in [0.2, 0.25) is 0 Å². The van der Waals surface area contributed by atoms with Crippen LogP contribution in [0.25, 0.3) is 0 Å². The van der Waals surface area contributed by atoms with Gasteiger partial charge in [-0.05, 0) is 61.7 Å². The Labute approximate surface area is 167 Å². The summed E-state index contributed by atoms with van der Waals surface area (Å²) < 4.78 is 0. The Hall–Kier alpha value is -2.14. The molecule has 4 rings (SSSR count).